The monoisotopic (exact) mass is 1450 g/mol. The number of fused-ring (bicyclic) bond motifs is 11. The van der Waals surface area contributed by atoms with Crippen molar-refractivity contribution in [2.75, 3.05) is 58.5 Å². The number of phenols is 2. The number of ketones is 2. The number of benzene rings is 4. The second-order valence-corrected chi connectivity index (χ2v) is 26.7. The number of aromatic hydroxyl groups is 2. The molecule has 104 heavy (non-hydrogen) atoms. The molecule has 4 saturated heterocycles. The first-order chi connectivity index (χ1) is 50.3. The topological polar surface area (TPSA) is 466 Å². The summed E-state index contributed by atoms with van der Waals surface area (Å²) in [4.78, 5) is 128. The highest BCUT2D eigenvalue weighted by Crippen LogP contribution is 2.53. The third-order valence-electron chi connectivity index (χ3n) is 19.8. The standard InChI is InChI=1S/C70H82N10O24/c1-31(2)51(75-44(82)20-21-71-43(81)18-19-45(83)80-29-33-12-7-8-13-34(33)53-52(76-77-78(53)4)35-14-9-10-16-39(35)80)64(92)74-38(30-100-67-60(90)58(88)59(89)62(104-67)66(93)94)63(91)72-22-23-73-69(95)70(96)27-37-48(57(87)50-49(55(37)85)54(84)36-15-11-17-41(97-5)47(36)56(50)86)42(28-70)102-46-26-40-61(32(3)101-46)103-65-68(98-6)99-25-24-79(40)65/h7-17,31-32,38,40,42,46,51,58-62,65,67-68,85,87-90,96H,18-30H2,1-6H3,(H,71,81)(H,72,91)(H,73,95)(H,74,92)(H,75,82)(H,93,94)/t32-,38-,40-,42-,46+,51-,58-,59-,60+,61+,62-,65+,67+,68-,70-/m0/s1/i4T. The number of aliphatic hydroxyl groups excluding tert-OH is 3. The van der Waals surface area contributed by atoms with Crippen molar-refractivity contribution in [2.24, 2.45) is 12.9 Å². The van der Waals surface area contributed by atoms with E-state index in [-0.39, 0.29) is 79.8 Å². The second kappa shape index (κ2) is 30.7. The molecule has 6 amide bonds. The van der Waals surface area contributed by atoms with Crippen LogP contribution in [-0.2, 0) is 86.7 Å². The van der Waals surface area contributed by atoms with Crippen LogP contribution in [0.5, 0.6) is 17.2 Å². The van der Waals surface area contributed by atoms with Crippen LogP contribution < -0.4 is 36.2 Å². The number of amides is 6. The van der Waals surface area contributed by atoms with Gasteiger partial charge in [0.15, 0.2) is 37.0 Å². The lowest BCUT2D eigenvalue weighted by atomic mass is 9.72. The fraction of sp³-hybridized carbons (Fsp3) is 0.500. The summed E-state index contributed by atoms with van der Waals surface area (Å²) in [6.07, 6.45) is -17.8. The fourth-order valence-corrected chi connectivity index (χ4v) is 14.6. The average molecular weight is 1450 g/mol. The van der Waals surface area contributed by atoms with Crippen molar-refractivity contribution in [3.8, 4) is 39.8 Å². The van der Waals surface area contributed by atoms with E-state index in [1.54, 1.807) is 49.9 Å². The molecule has 34 heteroatoms. The van der Waals surface area contributed by atoms with Crippen LogP contribution in [0.4, 0.5) is 5.69 Å². The number of anilines is 1. The van der Waals surface area contributed by atoms with Crippen LogP contribution in [0.1, 0.15) is 109 Å². The van der Waals surface area contributed by atoms with Crippen LogP contribution in [0.3, 0.4) is 0 Å². The number of hydrogen-bond acceptors (Lipinski definition) is 26. The molecule has 5 aromatic rings. The molecule has 6 heterocycles. The van der Waals surface area contributed by atoms with Gasteiger partial charge in [0.05, 0.1) is 67.1 Å². The van der Waals surface area contributed by atoms with Crippen molar-refractivity contribution < 1.29 is 118 Å². The normalized spacial score (nSPS) is 26.7. The molecule has 2 aliphatic carbocycles. The van der Waals surface area contributed by atoms with Crippen molar-refractivity contribution in [3.63, 3.8) is 0 Å². The number of nitrogens with one attached hydrogen (secondary N) is 5. The number of carbonyl (C=O) groups is 9. The van der Waals surface area contributed by atoms with Gasteiger partial charge in [0, 0.05) is 114 Å². The number of carboxylic acids is 1. The molecule has 12 N–H and O–H groups in total. The van der Waals surface area contributed by atoms with Gasteiger partial charge in [-0.2, -0.15) is 0 Å². The summed E-state index contributed by atoms with van der Waals surface area (Å²) >= 11 is 0. The molecule has 556 valence electrons. The molecule has 15 atom stereocenters. The van der Waals surface area contributed by atoms with E-state index in [1.165, 1.54) is 37.1 Å². The van der Waals surface area contributed by atoms with Crippen LogP contribution in [-0.4, -0.2) is 248 Å². The lowest BCUT2D eigenvalue weighted by Gasteiger charge is -2.43. The van der Waals surface area contributed by atoms with Gasteiger partial charge in [0.2, 0.25) is 35.3 Å². The fourth-order valence-electron chi connectivity index (χ4n) is 14.6. The largest absolute Gasteiger partial charge is 0.507 e. The first kappa shape index (κ1) is 72.9. The Balaban J connectivity index is 0.706. The first-order valence-corrected chi connectivity index (χ1v) is 33.9. The summed E-state index contributed by atoms with van der Waals surface area (Å²) in [5, 5.41) is 99.8. The molecular formula is C70H82N10O24. The van der Waals surface area contributed by atoms with Crippen LogP contribution in [0.2, 0.25) is 0 Å². The number of morpholine rings is 1. The number of aryl methyl sites for hydroxylation is 1. The van der Waals surface area contributed by atoms with Crippen LogP contribution in [0.15, 0.2) is 66.7 Å². The lowest BCUT2D eigenvalue weighted by Crippen LogP contribution is -2.61. The zero-order valence-corrected chi connectivity index (χ0v) is 57.2. The Labute approximate surface area is 595 Å². The maximum atomic E-state index is 14.6. The number of carbonyl (C=O) groups excluding carboxylic acids is 8. The Hall–Kier alpha value is -9.43. The molecule has 4 fully saturated rings. The molecule has 0 spiro atoms. The minimum Gasteiger partial charge on any atom is -0.507 e. The van der Waals surface area contributed by atoms with E-state index in [9.17, 15) is 78.9 Å². The van der Waals surface area contributed by atoms with E-state index in [1.807, 2.05) is 29.2 Å². The van der Waals surface area contributed by atoms with E-state index in [2.05, 4.69) is 36.9 Å². The number of hydrogen-bond donors (Lipinski definition) is 12. The van der Waals surface area contributed by atoms with Crippen molar-refractivity contribution >= 4 is 58.7 Å². The molecule has 0 unspecified atom stereocenters. The molecule has 12 rings (SSSR count). The number of para-hydroxylation sites is 1. The molecule has 4 aromatic carbocycles. The smallest absolute Gasteiger partial charge is 0.335 e. The Morgan fingerprint density at radius 1 is 0.779 bits per heavy atom. The lowest BCUT2D eigenvalue weighted by molar-refractivity contribution is -0.294. The second-order valence-electron chi connectivity index (χ2n) is 26.7. The number of ether oxygens (including phenoxy) is 8. The summed E-state index contributed by atoms with van der Waals surface area (Å²) in [5.74, 6) is -10.6. The number of phenolic OH excluding ortho intramolecular Hbond substituents is 2. The molecule has 0 bridgehead atoms. The van der Waals surface area contributed by atoms with Crippen molar-refractivity contribution in [1.82, 2.24) is 46.5 Å². The third kappa shape index (κ3) is 14.4. The summed E-state index contributed by atoms with van der Waals surface area (Å²) in [6.45, 7) is 3.63. The summed E-state index contributed by atoms with van der Waals surface area (Å²) < 4.78 is 56.5. The van der Waals surface area contributed by atoms with Crippen LogP contribution >= 0.6 is 0 Å². The summed E-state index contributed by atoms with van der Waals surface area (Å²) in [7, 11) is 2.58. The van der Waals surface area contributed by atoms with Gasteiger partial charge in [-0.3, -0.25) is 43.3 Å². The first-order valence-electron chi connectivity index (χ1n) is 34.6. The summed E-state index contributed by atoms with van der Waals surface area (Å²) in [5.41, 5.74) is -0.880. The highest BCUT2D eigenvalue weighted by molar-refractivity contribution is 6.31. The van der Waals surface area contributed by atoms with Gasteiger partial charge in [-0.25, -0.2) is 9.48 Å². The summed E-state index contributed by atoms with van der Waals surface area (Å²) in [6, 6.07) is 15.2. The number of nitrogens with zero attached hydrogens (tertiary/aromatic N) is 5. The third-order valence-corrected chi connectivity index (χ3v) is 19.8. The van der Waals surface area contributed by atoms with Gasteiger partial charge in [-0.05, 0) is 30.5 Å². The van der Waals surface area contributed by atoms with Crippen LogP contribution in [0, 0.1) is 5.92 Å². The molecule has 5 aliphatic heterocycles. The highest BCUT2D eigenvalue weighted by Gasteiger charge is 2.56. The number of carboxylic acid groups (broad SMARTS) is 1. The Morgan fingerprint density at radius 3 is 2.25 bits per heavy atom. The van der Waals surface area contributed by atoms with Gasteiger partial charge >= 0.3 is 5.97 Å². The number of rotatable bonds is 23. The Bertz CT molecular complexity index is 4220. The minimum atomic E-state index is -2.56. The van der Waals surface area contributed by atoms with E-state index in [0.29, 0.717) is 35.8 Å². The molecule has 1 aromatic heterocycles. The number of aliphatic hydroxyl groups is 4. The zero-order chi connectivity index (χ0) is 75.0. The Kier molecular flexibility index (Phi) is 21.5. The predicted molar refractivity (Wildman–Crippen MR) is 356 cm³/mol. The van der Waals surface area contributed by atoms with Gasteiger partial charge in [-0.1, -0.05) is 73.7 Å². The van der Waals surface area contributed by atoms with E-state index >= 15 is 0 Å². The molecule has 34 nitrogen and oxygen atoms in total. The number of aromatic nitrogens is 3. The van der Waals surface area contributed by atoms with Crippen molar-refractivity contribution in [2.45, 2.75) is 157 Å². The SMILES string of the molecule is [3H]Cn1nnc2c1-c1ccccc1CN(C(=O)CCC(=O)NCCC(=O)N[C@H](C(=O)N[C@@H](CO[C@@H]1O[C@H](C(=O)O)[C@@H](O)[C@H](O)[C@H]1O)C(=O)NCCNC(=O)[C@]1(O)Cc3c(O)c4c(c(O)c3[C@@H](O[C@@H]3C[C@H]5[C@H](O[C@@H]6[C@@H](OC)OCCN65)[C@H](C)O3)C1)C(=O)c1c(OC)cccc1C4=O)C(C)C)c1ccccc1-2. The molecule has 0 saturated carbocycles. The van der Waals surface area contributed by atoms with Gasteiger partial charge in [0.25, 0.3) is 5.91 Å². The van der Waals surface area contributed by atoms with E-state index in [4.69, 9.17) is 39.3 Å². The molecular weight excluding hydrogens is 1360 g/mol. The molecule has 7 aliphatic rings. The molecule has 0 radical (unpaired) electrons. The van der Waals surface area contributed by atoms with Crippen LogP contribution in [0.25, 0.3) is 22.5 Å². The van der Waals surface area contributed by atoms with Crippen molar-refractivity contribution in [1.29, 1.82) is 0 Å². The van der Waals surface area contributed by atoms with E-state index < -0.39 is 200 Å². The zero-order valence-electron chi connectivity index (χ0n) is 58.2. The van der Waals surface area contributed by atoms with E-state index in [0.717, 1.165) is 11.1 Å². The van der Waals surface area contributed by atoms with Gasteiger partial charge in [0.1, 0.15) is 65.0 Å². The van der Waals surface area contributed by atoms with Gasteiger partial charge < -0.3 is 105 Å². The Morgan fingerprint density at radius 2 is 1.51 bits per heavy atom. The predicted octanol–water partition coefficient (Wildman–Crippen LogP) is -0.788. The number of aliphatic carboxylic acids is 1. The maximum Gasteiger partial charge on any atom is 0.335 e. The minimum absolute atomic E-state index is 0.0110. The quantitative estimate of drug-likeness (QED) is 0.0276. The number of methoxy groups -OCH3 is 2. The van der Waals surface area contributed by atoms with Crippen molar-refractivity contribution in [3.05, 3.63) is 106 Å². The highest BCUT2D eigenvalue weighted by atomic mass is 16.7. The maximum absolute atomic E-state index is 14.6. The average Bonchev–Trinajstić information content (AvgIpc) is 1.15. The van der Waals surface area contributed by atoms with Gasteiger partial charge in [-0.15, -0.1) is 5.10 Å².